The third kappa shape index (κ3) is 3.65. The first kappa shape index (κ1) is 15.0. The molecule has 0 atom stereocenters. The molecule has 0 saturated heterocycles. The molecule has 1 aliphatic rings. The van der Waals surface area contributed by atoms with Crippen molar-refractivity contribution in [2.75, 3.05) is 5.32 Å². The van der Waals surface area contributed by atoms with Crippen LogP contribution in [0.2, 0.25) is 0 Å². The Morgan fingerprint density at radius 2 is 1.95 bits per heavy atom. The molecule has 116 valence electrons. The maximum atomic E-state index is 12.5. The molecule has 1 aromatic heterocycles. The predicted octanol–water partition coefficient (Wildman–Crippen LogP) is 4.10. The van der Waals surface area contributed by atoms with Gasteiger partial charge in [0.15, 0.2) is 5.13 Å². The number of hydrogen-bond donors (Lipinski definition) is 1. The number of carbonyl (C=O) groups is 1. The maximum Gasteiger partial charge on any atom is 0.416 e. The molecule has 0 unspecified atom stereocenters. The fourth-order valence-electron chi connectivity index (χ4n) is 2.01. The van der Waals surface area contributed by atoms with E-state index in [4.69, 9.17) is 0 Å². The number of nitrogens with one attached hydrogen (secondary N) is 1. The number of carbonyl (C=O) groups excluding carboxylic acids is 1. The van der Waals surface area contributed by atoms with E-state index in [0.29, 0.717) is 11.6 Å². The van der Waals surface area contributed by atoms with E-state index < -0.39 is 11.7 Å². The fourth-order valence-corrected chi connectivity index (χ4v) is 2.86. The van der Waals surface area contributed by atoms with E-state index in [9.17, 15) is 18.0 Å². The Kier molecular flexibility index (Phi) is 3.90. The standard InChI is InChI=1S/C15H13F3N2OS/c16-15(17,18)11-5-1-9(2-6-11)7-12-8-19-14(22-12)20-13(21)10-3-4-10/h1-2,5-6,8,10H,3-4,7H2,(H,19,20,21). The van der Waals surface area contributed by atoms with Gasteiger partial charge in [0, 0.05) is 23.4 Å². The van der Waals surface area contributed by atoms with Crippen LogP contribution in [-0.4, -0.2) is 10.9 Å². The van der Waals surface area contributed by atoms with Crippen molar-refractivity contribution in [2.45, 2.75) is 25.4 Å². The Labute approximate surface area is 129 Å². The van der Waals surface area contributed by atoms with Crippen LogP contribution in [0.3, 0.4) is 0 Å². The molecule has 22 heavy (non-hydrogen) atoms. The van der Waals surface area contributed by atoms with Gasteiger partial charge in [-0.1, -0.05) is 12.1 Å². The van der Waals surface area contributed by atoms with Gasteiger partial charge < -0.3 is 5.32 Å². The Bertz CT molecular complexity index is 675. The molecular weight excluding hydrogens is 313 g/mol. The molecule has 0 aliphatic heterocycles. The fraction of sp³-hybridized carbons (Fsp3) is 0.333. The molecule has 0 spiro atoms. The van der Waals surface area contributed by atoms with Crippen LogP contribution in [0.5, 0.6) is 0 Å². The number of benzene rings is 1. The molecule has 1 amide bonds. The topological polar surface area (TPSA) is 42.0 Å². The van der Waals surface area contributed by atoms with Gasteiger partial charge in [-0.15, -0.1) is 11.3 Å². The van der Waals surface area contributed by atoms with Crippen molar-refractivity contribution in [3.63, 3.8) is 0 Å². The van der Waals surface area contributed by atoms with Crippen molar-refractivity contribution in [1.82, 2.24) is 4.98 Å². The van der Waals surface area contributed by atoms with Gasteiger partial charge >= 0.3 is 6.18 Å². The zero-order valence-corrected chi connectivity index (χ0v) is 12.3. The van der Waals surface area contributed by atoms with E-state index in [1.807, 2.05) is 0 Å². The largest absolute Gasteiger partial charge is 0.416 e. The van der Waals surface area contributed by atoms with Gasteiger partial charge in [-0.25, -0.2) is 4.98 Å². The van der Waals surface area contributed by atoms with E-state index in [1.165, 1.54) is 23.5 Å². The molecular formula is C15H13F3N2OS. The Balaban J connectivity index is 1.63. The van der Waals surface area contributed by atoms with Gasteiger partial charge in [0.25, 0.3) is 0 Å². The van der Waals surface area contributed by atoms with Crippen LogP contribution in [0.4, 0.5) is 18.3 Å². The molecule has 1 heterocycles. The average Bonchev–Trinajstić information content (AvgIpc) is 3.22. The van der Waals surface area contributed by atoms with Gasteiger partial charge in [0.2, 0.25) is 5.91 Å². The third-order valence-electron chi connectivity index (χ3n) is 3.39. The van der Waals surface area contributed by atoms with Crippen molar-refractivity contribution in [2.24, 2.45) is 5.92 Å². The first-order chi connectivity index (χ1) is 10.4. The minimum absolute atomic E-state index is 0.00423. The summed E-state index contributed by atoms with van der Waals surface area (Å²) in [6.45, 7) is 0. The minimum Gasteiger partial charge on any atom is -0.302 e. The lowest BCUT2D eigenvalue weighted by atomic mass is 10.1. The number of thiazole rings is 1. The summed E-state index contributed by atoms with van der Waals surface area (Å²) in [5, 5.41) is 3.30. The molecule has 1 fully saturated rings. The summed E-state index contributed by atoms with van der Waals surface area (Å²) in [4.78, 5) is 16.6. The van der Waals surface area contributed by atoms with E-state index in [-0.39, 0.29) is 11.8 Å². The molecule has 1 aliphatic carbocycles. The Morgan fingerprint density at radius 3 is 2.55 bits per heavy atom. The number of aromatic nitrogens is 1. The van der Waals surface area contributed by atoms with Crippen molar-refractivity contribution >= 4 is 22.4 Å². The molecule has 1 N–H and O–H groups in total. The summed E-state index contributed by atoms with van der Waals surface area (Å²) in [5.74, 6) is 0.109. The van der Waals surface area contributed by atoms with Crippen LogP contribution in [0.25, 0.3) is 0 Å². The zero-order valence-electron chi connectivity index (χ0n) is 11.5. The molecule has 0 bridgehead atoms. The molecule has 7 heteroatoms. The normalized spacial score (nSPS) is 14.9. The second-order valence-electron chi connectivity index (χ2n) is 5.27. The lowest BCUT2D eigenvalue weighted by Crippen LogP contribution is -2.12. The van der Waals surface area contributed by atoms with Crippen LogP contribution in [0.1, 0.15) is 28.8 Å². The molecule has 1 aromatic carbocycles. The Hall–Kier alpha value is -1.89. The summed E-state index contributed by atoms with van der Waals surface area (Å²) >= 11 is 1.35. The minimum atomic E-state index is -4.32. The first-order valence-corrected chi connectivity index (χ1v) is 7.65. The van der Waals surface area contributed by atoms with Crippen LogP contribution < -0.4 is 5.32 Å². The van der Waals surface area contributed by atoms with Crippen molar-refractivity contribution < 1.29 is 18.0 Å². The lowest BCUT2D eigenvalue weighted by molar-refractivity contribution is -0.137. The van der Waals surface area contributed by atoms with Gasteiger partial charge in [-0.05, 0) is 30.5 Å². The SMILES string of the molecule is O=C(Nc1ncc(Cc2ccc(C(F)(F)F)cc2)s1)C1CC1. The summed E-state index contributed by atoms with van der Waals surface area (Å²) in [5.41, 5.74) is 0.120. The highest BCUT2D eigenvalue weighted by molar-refractivity contribution is 7.15. The van der Waals surface area contributed by atoms with E-state index in [1.54, 1.807) is 6.20 Å². The number of nitrogens with zero attached hydrogens (tertiary/aromatic N) is 1. The van der Waals surface area contributed by atoms with Gasteiger partial charge in [-0.3, -0.25) is 4.79 Å². The smallest absolute Gasteiger partial charge is 0.302 e. The summed E-state index contributed by atoms with van der Waals surface area (Å²) in [6.07, 6.45) is -0.325. The number of hydrogen-bond acceptors (Lipinski definition) is 3. The van der Waals surface area contributed by atoms with Crippen LogP contribution in [-0.2, 0) is 17.4 Å². The third-order valence-corrected chi connectivity index (χ3v) is 4.30. The monoisotopic (exact) mass is 326 g/mol. The van der Waals surface area contributed by atoms with Crippen molar-refractivity contribution in [1.29, 1.82) is 0 Å². The van der Waals surface area contributed by atoms with Crippen molar-refractivity contribution in [3.8, 4) is 0 Å². The molecule has 2 aromatic rings. The summed E-state index contributed by atoms with van der Waals surface area (Å²) in [7, 11) is 0. The number of anilines is 1. The average molecular weight is 326 g/mol. The van der Waals surface area contributed by atoms with Crippen LogP contribution in [0, 0.1) is 5.92 Å². The number of halogens is 3. The van der Waals surface area contributed by atoms with Gasteiger partial charge in [0.05, 0.1) is 5.56 Å². The van der Waals surface area contributed by atoms with Crippen molar-refractivity contribution in [3.05, 3.63) is 46.5 Å². The number of alkyl halides is 3. The maximum absolute atomic E-state index is 12.5. The van der Waals surface area contributed by atoms with Crippen LogP contribution in [0.15, 0.2) is 30.5 Å². The number of amides is 1. The van der Waals surface area contributed by atoms with E-state index >= 15 is 0 Å². The highest BCUT2D eigenvalue weighted by Crippen LogP contribution is 2.32. The molecule has 3 rings (SSSR count). The number of rotatable bonds is 4. The molecule has 0 radical (unpaired) electrons. The molecule has 3 nitrogen and oxygen atoms in total. The summed E-state index contributed by atoms with van der Waals surface area (Å²) in [6, 6.07) is 5.08. The second kappa shape index (κ2) is 5.72. The highest BCUT2D eigenvalue weighted by atomic mass is 32.1. The molecule has 1 saturated carbocycles. The van der Waals surface area contributed by atoms with Gasteiger partial charge in [0.1, 0.15) is 0 Å². The quantitative estimate of drug-likeness (QED) is 0.919. The Morgan fingerprint density at radius 1 is 1.27 bits per heavy atom. The highest BCUT2D eigenvalue weighted by Gasteiger charge is 2.30. The first-order valence-electron chi connectivity index (χ1n) is 6.83. The lowest BCUT2D eigenvalue weighted by Gasteiger charge is -2.06. The van der Waals surface area contributed by atoms with Gasteiger partial charge in [-0.2, -0.15) is 13.2 Å². The van der Waals surface area contributed by atoms with Crippen LogP contribution >= 0.6 is 11.3 Å². The predicted molar refractivity (Wildman–Crippen MR) is 77.7 cm³/mol. The van der Waals surface area contributed by atoms with E-state index in [2.05, 4.69) is 10.3 Å². The zero-order chi connectivity index (χ0) is 15.7. The second-order valence-corrected chi connectivity index (χ2v) is 6.38. The van der Waals surface area contributed by atoms with E-state index in [0.717, 1.165) is 35.4 Å². The summed E-state index contributed by atoms with van der Waals surface area (Å²) < 4.78 is 37.5.